The van der Waals surface area contributed by atoms with E-state index >= 15 is 0 Å². The van der Waals surface area contributed by atoms with E-state index in [4.69, 9.17) is 15.2 Å². The van der Waals surface area contributed by atoms with Gasteiger partial charge in [-0.1, -0.05) is 18.2 Å². The van der Waals surface area contributed by atoms with Crippen LogP contribution in [0.4, 0.5) is 0 Å². The van der Waals surface area contributed by atoms with Crippen molar-refractivity contribution >= 4 is 0 Å². The molecule has 0 bridgehead atoms. The fourth-order valence-corrected chi connectivity index (χ4v) is 1.88. The third kappa shape index (κ3) is 3.22. The van der Waals surface area contributed by atoms with Crippen molar-refractivity contribution in [1.82, 2.24) is 0 Å². The van der Waals surface area contributed by atoms with E-state index in [2.05, 4.69) is 0 Å². The second-order valence-electron chi connectivity index (χ2n) is 4.26. The summed E-state index contributed by atoms with van der Waals surface area (Å²) in [6, 6.07) is 9.86. The topological polar surface area (TPSA) is 44.5 Å². The van der Waals surface area contributed by atoms with Gasteiger partial charge in [-0.2, -0.15) is 0 Å². The molecule has 2 atom stereocenters. The summed E-state index contributed by atoms with van der Waals surface area (Å²) in [7, 11) is 0. The van der Waals surface area contributed by atoms with Crippen molar-refractivity contribution in [1.29, 1.82) is 0 Å². The SMILES string of the molecule is NC[C@@H]1CC[C@@H](COc2ccccc2)OC1. The highest BCUT2D eigenvalue weighted by atomic mass is 16.5. The van der Waals surface area contributed by atoms with Crippen molar-refractivity contribution in [3.05, 3.63) is 30.3 Å². The molecule has 1 aliphatic heterocycles. The van der Waals surface area contributed by atoms with Crippen LogP contribution in [-0.2, 0) is 4.74 Å². The van der Waals surface area contributed by atoms with E-state index in [1.807, 2.05) is 30.3 Å². The van der Waals surface area contributed by atoms with Crippen LogP contribution in [0, 0.1) is 5.92 Å². The smallest absolute Gasteiger partial charge is 0.119 e. The monoisotopic (exact) mass is 221 g/mol. The average Bonchev–Trinajstić information content (AvgIpc) is 2.38. The van der Waals surface area contributed by atoms with E-state index in [1.165, 1.54) is 0 Å². The van der Waals surface area contributed by atoms with Crippen molar-refractivity contribution in [2.24, 2.45) is 11.7 Å². The van der Waals surface area contributed by atoms with Crippen molar-refractivity contribution in [2.75, 3.05) is 19.8 Å². The molecule has 1 heterocycles. The summed E-state index contributed by atoms with van der Waals surface area (Å²) in [5, 5.41) is 0. The maximum absolute atomic E-state index is 5.70. The van der Waals surface area contributed by atoms with Gasteiger partial charge in [0.05, 0.1) is 12.7 Å². The average molecular weight is 221 g/mol. The highest BCUT2D eigenvalue weighted by molar-refractivity contribution is 5.20. The van der Waals surface area contributed by atoms with Gasteiger partial charge in [-0.3, -0.25) is 0 Å². The van der Waals surface area contributed by atoms with Crippen LogP contribution in [0.3, 0.4) is 0 Å². The molecule has 0 aliphatic carbocycles. The molecule has 1 aliphatic rings. The van der Waals surface area contributed by atoms with Crippen LogP contribution in [0.15, 0.2) is 30.3 Å². The molecule has 2 N–H and O–H groups in total. The summed E-state index contributed by atoms with van der Waals surface area (Å²) in [6.07, 6.45) is 2.43. The Bertz CT molecular complexity index is 294. The summed E-state index contributed by atoms with van der Waals surface area (Å²) in [6.45, 7) is 2.15. The zero-order valence-corrected chi connectivity index (χ0v) is 9.47. The van der Waals surface area contributed by atoms with Crippen LogP contribution in [-0.4, -0.2) is 25.9 Å². The normalized spacial score (nSPS) is 25.3. The number of hydrogen-bond donors (Lipinski definition) is 1. The van der Waals surface area contributed by atoms with Crippen LogP contribution in [0.5, 0.6) is 5.75 Å². The molecule has 1 aromatic carbocycles. The number of benzene rings is 1. The van der Waals surface area contributed by atoms with E-state index in [0.717, 1.165) is 31.7 Å². The number of ether oxygens (including phenoxy) is 2. The first-order chi connectivity index (χ1) is 7.88. The van der Waals surface area contributed by atoms with E-state index in [-0.39, 0.29) is 6.10 Å². The second kappa shape index (κ2) is 5.87. The zero-order chi connectivity index (χ0) is 11.2. The quantitative estimate of drug-likeness (QED) is 0.843. The van der Waals surface area contributed by atoms with Crippen molar-refractivity contribution < 1.29 is 9.47 Å². The molecule has 3 heteroatoms. The summed E-state index contributed by atoms with van der Waals surface area (Å²) in [5.74, 6) is 1.44. The fraction of sp³-hybridized carbons (Fsp3) is 0.538. The van der Waals surface area contributed by atoms with Gasteiger partial charge < -0.3 is 15.2 Å². The highest BCUT2D eigenvalue weighted by Crippen LogP contribution is 2.19. The van der Waals surface area contributed by atoms with Crippen molar-refractivity contribution in [2.45, 2.75) is 18.9 Å². The van der Waals surface area contributed by atoms with Crippen LogP contribution in [0.25, 0.3) is 0 Å². The predicted octanol–water partition coefficient (Wildman–Crippen LogP) is 1.82. The van der Waals surface area contributed by atoms with Crippen LogP contribution in [0.2, 0.25) is 0 Å². The first-order valence-corrected chi connectivity index (χ1v) is 5.88. The van der Waals surface area contributed by atoms with Gasteiger partial charge in [0, 0.05) is 0 Å². The predicted molar refractivity (Wildman–Crippen MR) is 63.5 cm³/mol. The Morgan fingerprint density at radius 1 is 1.25 bits per heavy atom. The number of nitrogens with two attached hydrogens (primary N) is 1. The minimum atomic E-state index is 0.225. The van der Waals surface area contributed by atoms with E-state index in [0.29, 0.717) is 12.5 Å². The molecule has 1 fully saturated rings. The highest BCUT2D eigenvalue weighted by Gasteiger charge is 2.20. The molecule has 0 saturated carbocycles. The van der Waals surface area contributed by atoms with Gasteiger partial charge in [0.1, 0.15) is 12.4 Å². The van der Waals surface area contributed by atoms with Gasteiger partial charge in [-0.05, 0) is 37.4 Å². The Labute approximate surface area is 96.5 Å². The lowest BCUT2D eigenvalue weighted by molar-refractivity contribution is -0.0352. The van der Waals surface area contributed by atoms with Gasteiger partial charge in [-0.25, -0.2) is 0 Å². The van der Waals surface area contributed by atoms with Gasteiger partial charge in [-0.15, -0.1) is 0 Å². The Morgan fingerprint density at radius 3 is 2.69 bits per heavy atom. The summed E-state index contributed by atoms with van der Waals surface area (Å²) in [5.41, 5.74) is 5.60. The molecular weight excluding hydrogens is 202 g/mol. The van der Waals surface area contributed by atoms with Gasteiger partial charge in [0.15, 0.2) is 0 Å². The van der Waals surface area contributed by atoms with Crippen molar-refractivity contribution in [3.63, 3.8) is 0 Å². The lowest BCUT2D eigenvalue weighted by Crippen LogP contribution is -2.33. The molecule has 0 amide bonds. The Morgan fingerprint density at radius 2 is 2.06 bits per heavy atom. The zero-order valence-electron chi connectivity index (χ0n) is 9.47. The molecule has 2 rings (SSSR count). The van der Waals surface area contributed by atoms with Crippen molar-refractivity contribution in [3.8, 4) is 5.75 Å². The molecule has 0 radical (unpaired) electrons. The van der Waals surface area contributed by atoms with Gasteiger partial charge >= 0.3 is 0 Å². The first-order valence-electron chi connectivity index (χ1n) is 5.88. The molecule has 0 aromatic heterocycles. The molecule has 0 unspecified atom stereocenters. The minimum Gasteiger partial charge on any atom is -0.491 e. The van der Waals surface area contributed by atoms with E-state index in [9.17, 15) is 0 Å². The first kappa shape index (κ1) is 11.4. The lowest BCUT2D eigenvalue weighted by Gasteiger charge is -2.28. The fourth-order valence-electron chi connectivity index (χ4n) is 1.88. The number of para-hydroxylation sites is 1. The van der Waals surface area contributed by atoms with E-state index in [1.54, 1.807) is 0 Å². The lowest BCUT2D eigenvalue weighted by atomic mass is 9.99. The third-order valence-corrected chi connectivity index (χ3v) is 2.98. The standard InChI is InChI=1S/C13H19NO2/c14-8-11-6-7-13(15-9-11)10-16-12-4-2-1-3-5-12/h1-5,11,13H,6-10,14H2/t11-,13-/m0/s1. The molecule has 1 aromatic rings. The third-order valence-electron chi connectivity index (χ3n) is 2.98. The largest absolute Gasteiger partial charge is 0.491 e. The van der Waals surface area contributed by atoms with Crippen LogP contribution < -0.4 is 10.5 Å². The molecule has 16 heavy (non-hydrogen) atoms. The molecule has 1 saturated heterocycles. The maximum Gasteiger partial charge on any atom is 0.119 e. The van der Waals surface area contributed by atoms with E-state index < -0.39 is 0 Å². The Balaban J connectivity index is 1.72. The molecule has 3 nitrogen and oxygen atoms in total. The van der Waals surface area contributed by atoms with Gasteiger partial charge in [0.2, 0.25) is 0 Å². The second-order valence-corrected chi connectivity index (χ2v) is 4.26. The van der Waals surface area contributed by atoms with Crippen LogP contribution >= 0.6 is 0 Å². The number of hydrogen-bond acceptors (Lipinski definition) is 3. The Kier molecular flexibility index (Phi) is 4.19. The maximum atomic E-state index is 5.70. The minimum absolute atomic E-state index is 0.225. The molecule has 88 valence electrons. The molecular formula is C13H19NO2. The molecule has 0 spiro atoms. The number of rotatable bonds is 4. The Hall–Kier alpha value is -1.06. The van der Waals surface area contributed by atoms with Gasteiger partial charge in [0.25, 0.3) is 0 Å². The van der Waals surface area contributed by atoms with Crippen LogP contribution in [0.1, 0.15) is 12.8 Å². The summed E-state index contributed by atoms with van der Waals surface area (Å²) >= 11 is 0. The summed E-state index contributed by atoms with van der Waals surface area (Å²) in [4.78, 5) is 0. The summed E-state index contributed by atoms with van der Waals surface area (Å²) < 4.78 is 11.4.